The lowest BCUT2D eigenvalue weighted by Gasteiger charge is -2.13. The molecule has 20 heavy (non-hydrogen) atoms. The summed E-state index contributed by atoms with van der Waals surface area (Å²) < 4.78 is 29.7. The van der Waals surface area contributed by atoms with Gasteiger partial charge in [0, 0.05) is 11.6 Å². The van der Waals surface area contributed by atoms with E-state index in [0.717, 1.165) is 17.2 Å². The van der Waals surface area contributed by atoms with Gasteiger partial charge in [0.1, 0.15) is 16.5 Å². The molecule has 0 amide bonds. The molecule has 2 rings (SSSR count). The molecule has 2 aromatic heterocycles. The minimum absolute atomic E-state index is 0.194. The molecule has 0 aromatic carbocycles. The fraction of sp³-hybridized carbons (Fsp3) is 0.462. The molecule has 1 atom stereocenters. The molecular formula is C13H16F2N2OS2. The van der Waals surface area contributed by atoms with Gasteiger partial charge in [0.25, 0.3) is 5.76 Å². The second-order valence-corrected chi connectivity index (χ2v) is 6.06. The van der Waals surface area contributed by atoms with Crippen molar-refractivity contribution in [2.75, 3.05) is 0 Å². The lowest BCUT2D eigenvalue weighted by molar-refractivity contribution is 0.251. The Labute approximate surface area is 124 Å². The second-order valence-electron chi connectivity index (χ2n) is 4.15. The Kier molecular flexibility index (Phi) is 6.00. The molecule has 2 aromatic rings. The maximum absolute atomic E-state index is 12.1. The highest BCUT2D eigenvalue weighted by atomic mass is 32.2. The fourth-order valence-electron chi connectivity index (χ4n) is 1.78. The number of rotatable bonds is 8. The number of aromatic nitrogens is 1. The molecule has 0 spiro atoms. The number of hydrogen-bond acceptors (Lipinski definition) is 5. The van der Waals surface area contributed by atoms with Crippen LogP contribution in [0.25, 0.3) is 0 Å². The van der Waals surface area contributed by atoms with Gasteiger partial charge < -0.3 is 9.73 Å². The maximum atomic E-state index is 12.1. The van der Waals surface area contributed by atoms with Crippen molar-refractivity contribution in [2.24, 2.45) is 0 Å². The van der Waals surface area contributed by atoms with Crippen LogP contribution in [-0.4, -0.2) is 10.7 Å². The van der Waals surface area contributed by atoms with Crippen molar-refractivity contribution in [1.82, 2.24) is 10.3 Å². The number of nitrogens with one attached hydrogen (secondary N) is 1. The highest BCUT2D eigenvalue weighted by molar-refractivity contribution is 7.98. The molecule has 110 valence electrons. The molecule has 2 heterocycles. The Hall–Kier alpha value is -0.920. The molecule has 7 heteroatoms. The van der Waals surface area contributed by atoms with Crippen LogP contribution in [0.2, 0.25) is 0 Å². The molecular weight excluding hydrogens is 302 g/mol. The number of nitrogens with zero attached hydrogens (tertiary/aromatic N) is 1. The van der Waals surface area contributed by atoms with Crippen LogP contribution >= 0.6 is 23.1 Å². The van der Waals surface area contributed by atoms with E-state index >= 15 is 0 Å². The summed E-state index contributed by atoms with van der Waals surface area (Å²) in [5.41, 5.74) is 0. The van der Waals surface area contributed by atoms with Gasteiger partial charge >= 0.3 is 0 Å². The van der Waals surface area contributed by atoms with Crippen LogP contribution in [0.1, 0.15) is 35.9 Å². The van der Waals surface area contributed by atoms with Crippen LogP contribution in [0.15, 0.2) is 28.1 Å². The normalized spacial score (nSPS) is 13.0. The molecule has 0 fully saturated rings. The average Bonchev–Trinajstić information content (AvgIpc) is 3.08. The molecule has 0 aliphatic heterocycles. The zero-order chi connectivity index (χ0) is 14.4. The number of alkyl halides is 2. The zero-order valence-corrected chi connectivity index (χ0v) is 12.6. The van der Waals surface area contributed by atoms with Gasteiger partial charge in [-0.05, 0) is 18.6 Å². The van der Waals surface area contributed by atoms with E-state index in [1.165, 1.54) is 0 Å². The predicted molar refractivity (Wildman–Crippen MR) is 78.0 cm³/mol. The Bertz CT molecular complexity index is 502. The first-order valence-electron chi connectivity index (χ1n) is 6.29. The molecule has 0 radical (unpaired) electrons. The molecule has 0 aliphatic rings. The SMILES string of the molecule is CCC(NCc1ccc(CSC(F)F)o1)c1nccs1. The minimum atomic E-state index is -2.36. The first-order chi connectivity index (χ1) is 9.69. The van der Waals surface area contributed by atoms with Gasteiger partial charge in [-0.2, -0.15) is 8.78 Å². The lowest BCUT2D eigenvalue weighted by Crippen LogP contribution is -2.19. The Balaban J connectivity index is 1.84. The Morgan fingerprint density at radius 2 is 2.20 bits per heavy atom. The molecule has 0 aliphatic carbocycles. The summed E-state index contributed by atoms with van der Waals surface area (Å²) >= 11 is 2.19. The van der Waals surface area contributed by atoms with Crippen molar-refractivity contribution in [3.63, 3.8) is 0 Å². The number of thiazole rings is 1. The lowest BCUT2D eigenvalue weighted by atomic mass is 10.2. The van der Waals surface area contributed by atoms with E-state index in [-0.39, 0.29) is 11.8 Å². The van der Waals surface area contributed by atoms with Crippen molar-refractivity contribution in [2.45, 2.75) is 37.4 Å². The van der Waals surface area contributed by atoms with Gasteiger partial charge in [0.15, 0.2) is 0 Å². The topological polar surface area (TPSA) is 38.1 Å². The molecule has 0 bridgehead atoms. The molecule has 1 unspecified atom stereocenters. The highest BCUT2D eigenvalue weighted by Crippen LogP contribution is 2.22. The molecule has 1 N–H and O–H groups in total. The van der Waals surface area contributed by atoms with Gasteiger partial charge in [-0.25, -0.2) is 4.98 Å². The van der Waals surface area contributed by atoms with Crippen LogP contribution in [0, 0.1) is 0 Å². The van der Waals surface area contributed by atoms with Crippen LogP contribution in [0.5, 0.6) is 0 Å². The van der Waals surface area contributed by atoms with Gasteiger partial charge in [-0.15, -0.1) is 11.3 Å². The number of hydrogen-bond donors (Lipinski definition) is 1. The van der Waals surface area contributed by atoms with Crippen molar-refractivity contribution >= 4 is 23.1 Å². The summed E-state index contributed by atoms with van der Waals surface area (Å²) in [6, 6.07) is 3.76. The maximum Gasteiger partial charge on any atom is 0.284 e. The van der Waals surface area contributed by atoms with Crippen molar-refractivity contribution in [3.05, 3.63) is 40.2 Å². The predicted octanol–water partition coefficient (Wildman–Crippen LogP) is 4.43. The summed E-state index contributed by atoms with van der Waals surface area (Å²) in [4.78, 5) is 4.29. The monoisotopic (exact) mass is 318 g/mol. The van der Waals surface area contributed by atoms with Gasteiger partial charge in [0.2, 0.25) is 0 Å². The standard InChI is InChI=1S/C13H16F2N2OS2/c1-2-11(12-16-5-6-19-12)17-7-9-3-4-10(18-9)8-20-13(14)15/h3-6,11,13,17H,2,7-8H2,1H3. The first-order valence-corrected chi connectivity index (χ1v) is 8.22. The van der Waals surface area contributed by atoms with Crippen molar-refractivity contribution in [1.29, 1.82) is 0 Å². The molecule has 0 saturated heterocycles. The molecule has 0 saturated carbocycles. The summed E-state index contributed by atoms with van der Waals surface area (Å²) in [6.07, 6.45) is 2.72. The summed E-state index contributed by atoms with van der Waals surface area (Å²) in [6.45, 7) is 2.66. The van der Waals surface area contributed by atoms with E-state index in [1.54, 1.807) is 23.6 Å². The average molecular weight is 318 g/mol. The number of thioether (sulfide) groups is 1. The Morgan fingerprint density at radius 3 is 2.85 bits per heavy atom. The zero-order valence-electron chi connectivity index (χ0n) is 11.0. The summed E-state index contributed by atoms with van der Waals surface area (Å²) in [7, 11) is 0. The quantitative estimate of drug-likeness (QED) is 0.781. The third kappa shape index (κ3) is 4.57. The Morgan fingerprint density at radius 1 is 1.40 bits per heavy atom. The van der Waals surface area contributed by atoms with Crippen LogP contribution < -0.4 is 5.32 Å². The van der Waals surface area contributed by atoms with Gasteiger partial charge in [-0.3, -0.25) is 0 Å². The smallest absolute Gasteiger partial charge is 0.284 e. The second kappa shape index (κ2) is 7.75. The summed E-state index contributed by atoms with van der Waals surface area (Å²) in [5, 5.41) is 6.36. The van der Waals surface area contributed by atoms with Crippen LogP contribution in [0.4, 0.5) is 8.78 Å². The number of furan rings is 1. The van der Waals surface area contributed by atoms with Crippen molar-refractivity contribution in [3.8, 4) is 0 Å². The first kappa shape index (κ1) is 15.5. The van der Waals surface area contributed by atoms with Crippen LogP contribution in [0.3, 0.4) is 0 Å². The highest BCUT2D eigenvalue weighted by Gasteiger charge is 2.12. The van der Waals surface area contributed by atoms with Crippen molar-refractivity contribution < 1.29 is 13.2 Å². The van der Waals surface area contributed by atoms with E-state index < -0.39 is 5.76 Å². The number of halogens is 2. The largest absolute Gasteiger partial charge is 0.464 e. The van der Waals surface area contributed by atoms with Crippen LogP contribution in [-0.2, 0) is 12.3 Å². The van der Waals surface area contributed by atoms with E-state index in [0.29, 0.717) is 24.1 Å². The minimum Gasteiger partial charge on any atom is -0.464 e. The van der Waals surface area contributed by atoms with E-state index in [9.17, 15) is 8.78 Å². The van der Waals surface area contributed by atoms with Gasteiger partial charge in [0.05, 0.1) is 18.3 Å². The van der Waals surface area contributed by atoms with E-state index in [1.807, 2.05) is 11.4 Å². The third-order valence-corrected chi connectivity index (χ3v) is 4.34. The van der Waals surface area contributed by atoms with E-state index in [4.69, 9.17) is 4.42 Å². The third-order valence-electron chi connectivity index (χ3n) is 2.75. The van der Waals surface area contributed by atoms with E-state index in [2.05, 4.69) is 17.2 Å². The fourth-order valence-corrected chi connectivity index (χ4v) is 3.02. The summed E-state index contributed by atoms with van der Waals surface area (Å²) in [5.74, 6) is -0.836. The van der Waals surface area contributed by atoms with Gasteiger partial charge in [-0.1, -0.05) is 18.7 Å². The molecule has 3 nitrogen and oxygen atoms in total.